The van der Waals surface area contributed by atoms with Crippen molar-refractivity contribution >= 4 is 17.3 Å². The second kappa shape index (κ2) is 5.57. The van der Waals surface area contributed by atoms with Gasteiger partial charge in [0, 0.05) is 11.4 Å². The lowest BCUT2D eigenvalue weighted by Crippen LogP contribution is -1.96. The fraction of sp³-hybridized carbons (Fsp3) is 0.188. The zero-order valence-electron chi connectivity index (χ0n) is 11.1. The quantitative estimate of drug-likeness (QED) is 0.858. The molecule has 0 saturated heterocycles. The summed E-state index contributed by atoms with van der Waals surface area (Å²) in [4.78, 5) is 10.8. The molecule has 0 aliphatic rings. The van der Waals surface area contributed by atoms with E-state index in [-0.39, 0.29) is 0 Å². The van der Waals surface area contributed by atoms with Gasteiger partial charge < -0.3 is 10.4 Å². The zero-order chi connectivity index (χ0) is 13.8. The van der Waals surface area contributed by atoms with E-state index < -0.39 is 5.97 Å². The minimum Gasteiger partial charge on any atom is -0.478 e. The van der Waals surface area contributed by atoms with Crippen LogP contribution in [0.4, 0.5) is 11.4 Å². The number of aromatic carboxylic acids is 1. The molecule has 3 nitrogen and oxygen atoms in total. The van der Waals surface area contributed by atoms with E-state index >= 15 is 0 Å². The third-order valence-electron chi connectivity index (χ3n) is 3.00. The van der Waals surface area contributed by atoms with Gasteiger partial charge in [0.15, 0.2) is 0 Å². The number of carboxylic acids is 1. The van der Waals surface area contributed by atoms with Crippen molar-refractivity contribution in [3.05, 3.63) is 59.7 Å². The van der Waals surface area contributed by atoms with Crippen LogP contribution in [0.2, 0.25) is 0 Å². The second-order valence-electron chi connectivity index (χ2n) is 4.78. The van der Waals surface area contributed by atoms with Crippen molar-refractivity contribution in [2.75, 3.05) is 5.32 Å². The Kier molecular flexibility index (Phi) is 3.85. The summed E-state index contributed by atoms with van der Waals surface area (Å²) in [5.41, 5.74) is 3.46. The fourth-order valence-corrected chi connectivity index (χ4v) is 1.81. The number of carboxylic acid groups (broad SMARTS) is 1. The lowest BCUT2D eigenvalue weighted by Gasteiger charge is -2.09. The number of rotatable bonds is 4. The van der Waals surface area contributed by atoms with Crippen molar-refractivity contribution in [3.8, 4) is 0 Å². The molecule has 0 bridgehead atoms. The average Bonchev–Trinajstić information content (AvgIpc) is 2.40. The molecule has 0 heterocycles. The van der Waals surface area contributed by atoms with Crippen molar-refractivity contribution in [3.63, 3.8) is 0 Å². The van der Waals surface area contributed by atoms with Gasteiger partial charge in [-0.2, -0.15) is 0 Å². The highest BCUT2D eigenvalue weighted by Gasteiger charge is 2.02. The minimum atomic E-state index is -0.909. The van der Waals surface area contributed by atoms with E-state index in [0.717, 1.165) is 11.4 Å². The Bertz CT molecular complexity index is 556. The first kappa shape index (κ1) is 13.1. The van der Waals surface area contributed by atoms with E-state index in [1.54, 1.807) is 24.3 Å². The van der Waals surface area contributed by atoms with Crippen LogP contribution in [-0.2, 0) is 0 Å². The first-order chi connectivity index (χ1) is 9.06. The van der Waals surface area contributed by atoms with Gasteiger partial charge in [0.2, 0.25) is 0 Å². The van der Waals surface area contributed by atoms with Crippen LogP contribution in [0.3, 0.4) is 0 Å². The van der Waals surface area contributed by atoms with Crippen molar-refractivity contribution in [2.24, 2.45) is 0 Å². The van der Waals surface area contributed by atoms with Crippen LogP contribution >= 0.6 is 0 Å². The molecule has 2 aromatic rings. The van der Waals surface area contributed by atoms with Crippen LogP contribution in [0, 0.1) is 0 Å². The first-order valence-electron chi connectivity index (χ1n) is 6.26. The van der Waals surface area contributed by atoms with Gasteiger partial charge in [0.1, 0.15) is 0 Å². The largest absolute Gasteiger partial charge is 0.478 e. The number of hydrogen-bond acceptors (Lipinski definition) is 2. The van der Waals surface area contributed by atoms with Crippen LogP contribution in [-0.4, -0.2) is 11.1 Å². The molecule has 2 aromatic carbocycles. The summed E-state index contributed by atoms with van der Waals surface area (Å²) in [5, 5.41) is 12.1. The molecule has 0 aliphatic heterocycles. The third kappa shape index (κ3) is 3.35. The van der Waals surface area contributed by atoms with Crippen molar-refractivity contribution in [1.29, 1.82) is 0 Å². The summed E-state index contributed by atoms with van der Waals surface area (Å²) in [5.74, 6) is -0.392. The highest BCUT2D eigenvalue weighted by atomic mass is 16.4. The van der Waals surface area contributed by atoms with Crippen LogP contribution in [0.5, 0.6) is 0 Å². The summed E-state index contributed by atoms with van der Waals surface area (Å²) < 4.78 is 0. The molecule has 0 unspecified atom stereocenters. The maximum absolute atomic E-state index is 10.8. The standard InChI is InChI=1S/C16H17NO2/c1-11(2)12-3-7-14(8-4-12)17-15-9-5-13(6-10-15)16(18)19/h3-11,17H,1-2H3,(H,18,19). The predicted molar refractivity (Wildman–Crippen MR) is 77.2 cm³/mol. The van der Waals surface area contributed by atoms with Crippen LogP contribution < -0.4 is 5.32 Å². The Balaban J connectivity index is 2.10. The van der Waals surface area contributed by atoms with E-state index in [1.165, 1.54) is 5.56 Å². The maximum Gasteiger partial charge on any atom is 0.335 e. The molecule has 0 spiro atoms. The van der Waals surface area contributed by atoms with Gasteiger partial charge in [0.25, 0.3) is 0 Å². The van der Waals surface area contributed by atoms with E-state index in [0.29, 0.717) is 11.5 Å². The van der Waals surface area contributed by atoms with Gasteiger partial charge in [-0.25, -0.2) is 4.79 Å². The Labute approximate surface area is 112 Å². The van der Waals surface area contributed by atoms with E-state index in [2.05, 4.69) is 31.3 Å². The monoisotopic (exact) mass is 255 g/mol. The normalized spacial score (nSPS) is 10.5. The number of hydrogen-bond donors (Lipinski definition) is 2. The molecule has 0 aromatic heterocycles. The van der Waals surface area contributed by atoms with E-state index in [9.17, 15) is 4.79 Å². The number of carbonyl (C=O) groups is 1. The summed E-state index contributed by atoms with van der Waals surface area (Å²) in [6, 6.07) is 15.0. The minimum absolute atomic E-state index is 0.292. The summed E-state index contributed by atoms with van der Waals surface area (Å²) in [6.45, 7) is 4.32. The molecular formula is C16H17NO2. The third-order valence-corrected chi connectivity index (χ3v) is 3.00. The van der Waals surface area contributed by atoms with Gasteiger partial charge in [-0.05, 0) is 47.9 Å². The van der Waals surface area contributed by atoms with Gasteiger partial charge >= 0.3 is 5.97 Å². The topological polar surface area (TPSA) is 49.3 Å². The SMILES string of the molecule is CC(C)c1ccc(Nc2ccc(C(=O)O)cc2)cc1. The number of nitrogens with one attached hydrogen (secondary N) is 1. The average molecular weight is 255 g/mol. The highest BCUT2D eigenvalue weighted by molar-refractivity contribution is 5.88. The zero-order valence-corrected chi connectivity index (χ0v) is 11.1. The molecule has 3 heteroatoms. The molecule has 0 fully saturated rings. The Morgan fingerprint density at radius 2 is 1.42 bits per heavy atom. The Morgan fingerprint density at radius 3 is 1.84 bits per heavy atom. The molecule has 2 N–H and O–H groups in total. The van der Waals surface area contributed by atoms with Gasteiger partial charge in [0.05, 0.1) is 5.56 Å². The maximum atomic E-state index is 10.8. The van der Waals surface area contributed by atoms with Gasteiger partial charge in [-0.1, -0.05) is 26.0 Å². The molecule has 0 saturated carbocycles. The summed E-state index contributed by atoms with van der Waals surface area (Å²) in [6.07, 6.45) is 0. The van der Waals surface area contributed by atoms with Crippen molar-refractivity contribution < 1.29 is 9.90 Å². The molecule has 0 amide bonds. The molecule has 0 radical (unpaired) electrons. The fourth-order valence-electron chi connectivity index (χ4n) is 1.81. The molecule has 0 aliphatic carbocycles. The highest BCUT2D eigenvalue weighted by Crippen LogP contribution is 2.20. The van der Waals surface area contributed by atoms with Gasteiger partial charge in [-0.15, -0.1) is 0 Å². The van der Waals surface area contributed by atoms with E-state index in [4.69, 9.17) is 5.11 Å². The molecule has 98 valence electrons. The molecule has 2 rings (SSSR count). The summed E-state index contributed by atoms with van der Waals surface area (Å²) >= 11 is 0. The lowest BCUT2D eigenvalue weighted by atomic mass is 10.0. The van der Waals surface area contributed by atoms with Gasteiger partial charge in [-0.3, -0.25) is 0 Å². The Hall–Kier alpha value is -2.29. The van der Waals surface area contributed by atoms with Crippen LogP contribution in [0.25, 0.3) is 0 Å². The molecule has 0 atom stereocenters. The molecule has 19 heavy (non-hydrogen) atoms. The molecular weight excluding hydrogens is 238 g/mol. The van der Waals surface area contributed by atoms with Crippen LogP contribution in [0.15, 0.2) is 48.5 Å². The summed E-state index contributed by atoms with van der Waals surface area (Å²) in [7, 11) is 0. The lowest BCUT2D eigenvalue weighted by molar-refractivity contribution is 0.0697. The van der Waals surface area contributed by atoms with Crippen LogP contribution in [0.1, 0.15) is 35.7 Å². The van der Waals surface area contributed by atoms with E-state index in [1.807, 2.05) is 12.1 Å². The first-order valence-corrected chi connectivity index (χ1v) is 6.26. The van der Waals surface area contributed by atoms with Crippen molar-refractivity contribution in [2.45, 2.75) is 19.8 Å². The Morgan fingerprint density at radius 1 is 0.947 bits per heavy atom. The predicted octanol–water partition coefficient (Wildman–Crippen LogP) is 4.25. The number of benzene rings is 2. The second-order valence-corrected chi connectivity index (χ2v) is 4.78. The number of anilines is 2. The smallest absolute Gasteiger partial charge is 0.335 e. The van der Waals surface area contributed by atoms with Crippen molar-refractivity contribution in [1.82, 2.24) is 0 Å².